The van der Waals surface area contributed by atoms with E-state index in [0.29, 0.717) is 12.7 Å². The van der Waals surface area contributed by atoms with E-state index < -0.39 is 5.97 Å². The van der Waals surface area contributed by atoms with E-state index in [4.69, 9.17) is 9.47 Å². The Balaban J connectivity index is 1.90. The quantitative estimate of drug-likeness (QED) is 0.756. The first-order chi connectivity index (χ1) is 9.20. The first-order valence-corrected chi connectivity index (χ1v) is 6.89. The molecule has 0 aliphatic carbocycles. The number of ether oxygens (including phenoxy) is 2. The number of rotatable bonds is 5. The molecule has 19 heavy (non-hydrogen) atoms. The van der Waals surface area contributed by atoms with E-state index >= 15 is 0 Å². The van der Waals surface area contributed by atoms with E-state index in [1.54, 1.807) is 18.7 Å². The standard InChI is InChI=1S/C13H21N3O3/c1-3-18-13(17)12-14-11(16(2)15-12)8-7-10-6-4-5-9-19-10/h10H,3-9H2,1-2H3. The van der Waals surface area contributed by atoms with Crippen LogP contribution in [-0.2, 0) is 22.9 Å². The molecule has 1 unspecified atom stereocenters. The van der Waals surface area contributed by atoms with Crippen LogP contribution in [0.4, 0.5) is 0 Å². The van der Waals surface area contributed by atoms with Crippen LogP contribution in [0, 0.1) is 0 Å². The van der Waals surface area contributed by atoms with Crippen molar-refractivity contribution in [1.82, 2.24) is 14.8 Å². The zero-order valence-electron chi connectivity index (χ0n) is 11.6. The molecule has 2 rings (SSSR count). The minimum absolute atomic E-state index is 0.143. The fourth-order valence-corrected chi connectivity index (χ4v) is 2.24. The van der Waals surface area contributed by atoms with Crippen molar-refractivity contribution in [3.8, 4) is 0 Å². The minimum Gasteiger partial charge on any atom is -0.460 e. The van der Waals surface area contributed by atoms with Crippen LogP contribution >= 0.6 is 0 Å². The molecular weight excluding hydrogens is 246 g/mol. The minimum atomic E-state index is -0.460. The molecule has 0 saturated carbocycles. The molecule has 106 valence electrons. The van der Waals surface area contributed by atoms with Gasteiger partial charge in [0.2, 0.25) is 0 Å². The SMILES string of the molecule is CCOC(=O)c1nc(CCC2CCCCO2)n(C)n1. The average Bonchev–Trinajstić information content (AvgIpc) is 2.79. The van der Waals surface area contributed by atoms with Gasteiger partial charge in [-0.25, -0.2) is 9.78 Å². The van der Waals surface area contributed by atoms with Crippen LogP contribution in [0.3, 0.4) is 0 Å². The molecule has 0 amide bonds. The van der Waals surface area contributed by atoms with Gasteiger partial charge in [0.1, 0.15) is 5.82 Å². The summed E-state index contributed by atoms with van der Waals surface area (Å²) in [7, 11) is 1.80. The van der Waals surface area contributed by atoms with Gasteiger partial charge in [-0.1, -0.05) is 0 Å². The molecule has 1 aliphatic rings. The third-order valence-corrected chi connectivity index (χ3v) is 3.28. The predicted molar refractivity (Wildman–Crippen MR) is 68.9 cm³/mol. The predicted octanol–water partition coefficient (Wildman–Crippen LogP) is 1.49. The molecular formula is C13H21N3O3. The van der Waals surface area contributed by atoms with Crippen molar-refractivity contribution in [2.75, 3.05) is 13.2 Å². The summed E-state index contributed by atoms with van der Waals surface area (Å²) in [5.74, 6) is 0.486. The summed E-state index contributed by atoms with van der Waals surface area (Å²) in [5.41, 5.74) is 0. The highest BCUT2D eigenvalue weighted by atomic mass is 16.5. The van der Waals surface area contributed by atoms with Crippen molar-refractivity contribution < 1.29 is 14.3 Å². The van der Waals surface area contributed by atoms with Crippen LogP contribution in [0.25, 0.3) is 0 Å². The Bertz CT molecular complexity index is 425. The molecule has 0 aromatic carbocycles. The molecule has 6 nitrogen and oxygen atoms in total. The van der Waals surface area contributed by atoms with Crippen LogP contribution in [0.15, 0.2) is 0 Å². The van der Waals surface area contributed by atoms with Crippen molar-refractivity contribution in [2.45, 2.75) is 45.1 Å². The first kappa shape index (κ1) is 14.0. The lowest BCUT2D eigenvalue weighted by Gasteiger charge is -2.22. The van der Waals surface area contributed by atoms with E-state index in [-0.39, 0.29) is 5.82 Å². The monoisotopic (exact) mass is 267 g/mol. The zero-order valence-corrected chi connectivity index (χ0v) is 11.6. The largest absolute Gasteiger partial charge is 0.460 e. The summed E-state index contributed by atoms with van der Waals surface area (Å²) >= 11 is 0. The highest BCUT2D eigenvalue weighted by molar-refractivity contribution is 5.84. The van der Waals surface area contributed by atoms with E-state index in [1.165, 1.54) is 6.42 Å². The Hall–Kier alpha value is -1.43. The van der Waals surface area contributed by atoms with Gasteiger partial charge in [-0.3, -0.25) is 4.68 Å². The third-order valence-electron chi connectivity index (χ3n) is 3.28. The van der Waals surface area contributed by atoms with Gasteiger partial charge in [0.25, 0.3) is 5.82 Å². The lowest BCUT2D eigenvalue weighted by molar-refractivity contribution is 0.0111. The van der Waals surface area contributed by atoms with Crippen LogP contribution in [0.5, 0.6) is 0 Å². The molecule has 1 aromatic rings. The van der Waals surface area contributed by atoms with E-state index in [1.807, 2.05) is 0 Å². The second-order valence-corrected chi connectivity index (χ2v) is 4.72. The Morgan fingerprint density at radius 2 is 2.37 bits per heavy atom. The fraction of sp³-hybridized carbons (Fsp3) is 0.769. The van der Waals surface area contributed by atoms with Crippen LogP contribution in [0.2, 0.25) is 0 Å². The number of aromatic nitrogens is 3. The number of nitrogens with zero attached hydrogens (tertiary/aromatic N) is 3. The summed E-state index contributed by atoms with van der Waals surface area (Å²) < 4.78 is 12.2. The molecule has 0 spiro atoms. The molecule has 1 atom stereocenters. The molecule has 0 radical (unpaired) electrons. The van der Waals surface area contributed by atoms with Crippen LogP contribution in [0.1, 0.15) is 49.1 Å². The molecule has 0 bridgehead atoms. The van der Waals surface area contributed by atoms with E-state index in [0.717, 1.165) is 38.1 Å². The summed E-state index contributed by atoms with van der Waals surface area (Å²) in [5, 5.41) is 4.08. The lowest BCUT2D eigenvalue weighted by atomic mass is 10.0. The second-order valence-electron chi connectivity index (χ2n) is 4.72. The van der Waals surface area contributed by atoms with Crippen LogP contribution in [-0.4, -0.2) is 40.1 Å². The number of carbonyl (C=O) groups excluding carboxylic acids is 1. The van der Waals surface area contributed by atoms with E-state index in [2.05, 4.69) is 10.1 Å². The van der Waals surface area contributed by atoms with Crippen molar-refractivity contribution in [3.63, 3.8) is 0 Å². The molecule has 1 aliphatic heterocycles. The Morgan fingerprint density at radius 1 is 1.53 bits per heavy atom. The van der Waals surface area contributed by atoms with Crippen molar-refractivity contribution in [3.05, 3.63) is 11.6 Å². The van der Waals surface area contributed by atoms with Gasteiger partial charge in [-0.15, -0.1) is 5.10 Å². The number of aryl methyl sites for hydroxylation is 2. The maximum Gasteiger partial charge on any atom is 0.378 e. The maximum atomic E-state index is 11.5. The maximum absolute atomic E-state index is 11.5. The Morgan fingerprint density at radius 3 is 3.05 bits per heavy atom. The molecule has 1 saturated heterocycles. The van der Waals surface area contributed by atoms with Crippen molar-refractivity contribution in [2.24, 2.45) is 7.05 Å². The first-order valence-electron chi connectivity index (χ1n) is 6.89. The van der Waals surface area contributed by atoms with E-state index in [9.17, 15) is 4.79 Å². The highest BCUT2D eigenvalue weighted by Gasteiger charge is 2.18. The molecule has 1 fully saturated rings. The summed E-state index contributed by atoms with van der Waals surface area (Å²) in [6, 6.07) is 0. The number of carbonyl (C=O) groups is 1. The fourth-order valence-electron chi connectivity index (χ4n) is 2.24. The van der Waals surface area contributed by atoms with Gasteiger partial charge >= 0.3 is 5.97 Å². The summed E-state index contributed by atoms with van der Waals surface area (Å²) in [6.45, 7) is 2.96. The van der Waals surface area contributed by atoms with Gasteiger partial charge in [0.05, 0.1) is 12.7 Å². The summed E-state index contributed by atoms with van der Waals surface area (Å²) in [4.78, 5) is 15.8. The average molecular weight is 267 g/mol. The zero-order chi connectivity index (χ0) is 13.7. The normalized spacial score (nSPS) is 19.4. The number of hydrogen-bond acceptors (Lipinski definition) is 5. The lowest BCUT2D eigenvalue weighted by Crippen LogP contribution is -2.20. The van der Waals surface area contributed by atoms with Crippen molar-refractivity contribution in [1.29, 1.82) is 0 Å². The molecule has 2 heterocycles. The third kappa shape index (κ3) is 3.76. The highest BCUT2D eigenvalue weighted by Crippen LogP contribution is 2.17. The Kier molecular flexibility index (Phi) is 4.90. The Labute approximate surface area is 113 Å². The number of esters is 1. The summed E-state index contributed by atoms with van der Waals surface area (Å²) in [6.07, 6.45) is 5.52. The van der Waals surface area contributed by atoms with Gasteiger partial charge in [-0.05, 0) is 32.6 Å². The van der Waals surface area contributed by atoms with Gasteiger partial charge in [0.15, 0.2) is 0 Å². The topological polar surface area (TPSA) is 66.2 Å². The molecule has 0 N–H and O–H groups in total. The smallest absolute Gasteiger partial charge is 0.378 e. The van der Waals surface area contributed by atoms with Crippen molar-refractivity contribution >= 4 is 5.97 Å². The van der Waals surface area contributed by atoms with Gasteiger partial charge < -0.3 is 9.47 Å². The van der Waals surface area contributed by atoms with Crippen LogP contribution < -0.4 is 0 Å². The van der Waals surface area contributed by atoms with Gasteiger partial charge in [0, 0.05) is 20.1 Å². The number of hydrogen-bond donors (Lipinski definition) is 0. The van der Waals surface area contributed by atoms with Gasteiger partial charge in [-0.2, -0.15) is 0 Å². The second kappa shape index (κ2) is 6.65. The molecule has 1 aromatic heterocycles. The molecule has 6 heteroatoms.